The number of carbonyl (C=O) groups excluding carboxylic acids is 2. The highest BCUT2D eigenvalue weighted by molar-refractivity contribution is 7.07. The summed E-state index contributed by atoms with van der Waals surface area (Å²) in [4.78, 5) is 55.1. The van der Waals surface area contributed by atoms with Gasteiger partial charge in [0.05, 0.1) is 54.2 Å². The van der Waals surface area contributed by atoms with Crippen LogP contribution in [0.25, 0.3) is 6.08 Å². The summed E-state index contributed by atoms with van der Waals surface area (Å²) >= 11 is 1.13. The second-order valence-electron chi connectivity index (χ2n) is 10.9. The molecule has 266 valence electrons. The van der Waals surface area contributed by atoms with Crippen LogP contribution in [0, 0.1) is 10.1 Å². The summed E-state index contributed by atoms with van der Waals surface area (Å²) < 4.78 is 35.0. The fourth-order valence-corrected chi connectivity index (χ4v) is 6.39. The van der Waals surface area contributed by atoms with Gasteiger partial charge in [0.1, 0.15) is 6.61 Å². The number of non-ortho nitro benzene ring substituents is 1. The first-order valence-electron chi connectivity index (χ1n) is 15.8. The molecule has 1 atom stereocenters. The van der Waals surface area contributed by atoms with Crippen molar-refractivity contribution in [3.63, 3.8) is 0 Å². The second-order valence-corrected chi connectivity index (χ2v) is 11.9. The maximum absolute atomic E-state index is 14.3. The van der Waals surface area contributed by atoms with Crippen molar-refractivity contribution in [3.05, 3.63) is 118 Å². The van der Waals surface area contributed by atoms with Gasteiger partial charge in [-0.2, -0.15) is 0 Å². The van der Waals surface area contributed by atoms with Gasteiger partial charge in [-0.05, 0) is 68.3 Å². The maximum atomic E-state index is 14.3. The normalized spacial score (nSPS) is 13.9. The van der Waals surface area contributed by atoms with Crippen LogP contribution in [-0.4, -0.2) is 55.5 Å². The van der Waals surface area contributed by atoms with Crippen LogP contribution in [0.15, 0.2) is 81.7 Å². The zero-order valence-corrected chi connectivity index (χ0v) is 29.3. The van der Waals surface area contributed by atoms with Crippen molar-refractivity contribution in [3.8, 4) is 23.0 Å². The van der Waals surface area contributed by atoms with Gasteiger partial charge in [-0.15, -0.1) is 0 Å². The van der Waals surface area contributed by atoms with Crippen molar-refractivity contribution in [2.45, 2.75) is 33.4 Å². The molecule has 0 fully saturated rings. The number of fused-ring (bicyclic) bond motifs is 1. The highest BCUT2D eigenvalue weighted by atomic mass is 32.1. The van der Waals surface area contributed by atoms with Gasteiger partial charge in [-0.1, -0.05) is 29.5 Å². The topological polar surface area (TPSA) is 167 Å². The Morgan fingerprint density at radius 1 is 0.980 bits per heavy atom. The predicted octanol–water partition coefficient (Wildman–Crippen LogP) is 4.24. The number of ether oxygens (including phenoxy) is 6. The maximum Gasteiger partial charge on any atom is 0.343 e. The number of methoxy groups -OCH3 is 2. The number of nitro benzene ring substituents is 1. The Labute approximate surface area is 295 Å². The van der Waals surface area contributed by atoms with Crippen molar-refractivity contribution < 1.29 is 42.9 Å². The number of rotatable bonds is 14. The molecule has 0 saturated carbocycles. The molecular formula is C36H35N3O11S. The molecule has 0 aliphatic carbocycles. The van der Waals surface area contributed by atoms with Crippen molar-refractivity contribution >= 4 is 35.0 Å². The highest BCUT2D eigenvalue weighted by Crippen LogP contribution is 2.37. The third-order valence-electron chi connectivity index (χ3n) is 7.72. The van der Waals surface area contributed by atoms with E-state index in [4.69, 9.17) is 23.7 Å². The number of hydrogen-bond acceptors (Lipinski definition) is 13. The van der Waals surface area contributed by atoms with E-state index in [1.165, 1.54) is 30.9 Å². The van der Waals surface area contributed by atoms with Crippen LogP contribution in [0.3, 0.4) is 0 Å². The number of benzene rings is 3. The number of nitro groups is 1. The van der Waals surface area contributed by atoms with E-state index in [1.54, 1.807) is 75.4 Å². The Morgan fingerprint density at radius 2 is 1.75 bits per heavy atom. The van der Waals surface area contributed by atoms with Crippen LogP contribution in [0.2, 0.25) is 0 Å². The fourth-order valence-electron chi connectivity index (χ4n) is 5.36. The minimum absolute atomic E-state index is 0.0382. The first-order valence-corrected chi connectivity index (χ1v) is 16.6. The predicted molar refractivity (Wildman–Crippen MR) is 186 cm³/mol. The molecule has 1 aliphatic rings. The lowest BCUT2D eigenvalue weighted by Crippen LogP contribution is -2.40. The molecule has 14 nitrogen and oxygen atoms in total. The molecule has 5 rings (SSSR count). The Bertz CT molecular complexity index is 2170. The van der Waals surface area contributed by atoms with E-state index in [1.807, 2.05) is 0 Å². The van der Waals surface area contributed by atoms with Gasteiger partial charge in [0.15, 0.2) is 34.4 Å². The molecular weight excluding hydrogens is 682 g/mol. The average Bonchev–Trinajstić information content (AvgIpc) is 3.43. The number of hydrogen-bond donors (Lipinski definition) is 0. The van der Waals surface area contributed by atoms with E-state index in [-0.39, 0.29) is 43.4 Å². The van der Waals surface area contributed by atoms with E-state index in [2.05, 4.69) is 9.73 Å². The second kappa shape index (κ2) is 16.2. The lowest BCUT2D eigenvalue weighted by atomic mass is 9.95. The van der Waals surface area contributed by atoms with E-state index in [0.717, 1.165) is 11.3 Å². The Kier molecular flexibility index (Phi) is 11.5. The van der Waals surface area contributed by atoms with Crippen molar-refractivity contribution in [1.82, 2.24) is 4.57 Å². The molecule has 0 amide bonds. The Hall–Kier alpha value is -5.96. The number of allylic oxidation sites excluding steroid dienone is 1. The molecule has 0 bridgehead atoms. The smallest absolute Gasteiger partial charge is 0.343 e. The van der Waals surface area contributed by atoms with E-state index >= 15 is 0 Å². The Morgan fingerprint density at radius 3 is 2.41 bits per heavy atom. The Balaban J connectivity index is 1.61. The minimum Gasteiger partial charge on any atom is -0.493 e. The van der Waals surface area contributed by atoms with Gasteiger partial charge in [0.2, 0.25) is 0 Å². The summed E-state index contributed by atoms with van der Waals surface area (Å²) in [6.07, 6.45) is 1.66. The quantitative estimate of drug-likeness (QED) is 0.104. The molecule has 3 aromatic carbocycles. The number of nitrogens with zero attached hydrogens (tertiary/aromatic N) is 3. The first kappa shape index (κ1) is 36.3. The largest absolute Gasteiger partial charge is 0.493 e. The fraction of sp³-hybridized carbons (Fsp3) is 0.278. The van der Waals surface area contributed by atoms with Gasteiger partial charge >= 0.3 is 11.9 Å². The number of aromatic nitrogens is 1. The monoisotopic (exact) mass is 717 g/mol. The highest BCUT2D eigenvalue weighted by Gasteiger charge is 2.34. The van der Waals surface area contributed by atoms with E-state index in [9.17, 15) is 24.5 Å². The molecule has 0 radical (unpaired) electrons. The summed E-state index contributed by atoms with van der Waals surface area (Å²) in [7, 11) is 2.75. The standard InChI is InChI=1S/C36H35N3O11S/c1-6-47-28-17-23(13-16-26(28)49-20-30(40)46-5)32-31(35(42)48-7-2)21(3)37-36-38(32)34(41)29(51-36)18-24-9-8-10-27(45-4)33(24)50-19-22-11-14-25(15-12-22)39(43)44/h8-18,32H,6-7,19-20H2,1-5H3/b29-18+/t32-/m0/s1. The third-order valence-corrected chi connectivity index (χ3v) is 8.70. The lowest BCUT2D eigenvalue weighted by molar-refractivity contribution is -0.384. The zero-order valence-electron chi connectivity index (χ0n) is 28.5. The third kappa shape index (κ3) is 7.94. The number of esters is 2. The molecule has 1 aromatic heterocycles. The molecule has 15 heteroatoms. The van der Waals surface area contributed by atoms with E-state index in [0.29, 0.717) is 49.0 Å². The lowest BCUT2D eigenvalue weighted by Gasteiger charge is -2.25. The summed E-state index contributed by atoms with van der Waals surface area (Å²) in [5.41, 5.74) is 1.83. The van der Waals surface area contributed by atoms with Gasteiger partial charge in [-0.25, -0.2) is 14.6 Å². The van der Waals surface area contributed by atoms with Crippen molar-refractivity contribution in [1.29, 1.82) is 0 Å². The summed E-state index contributed by atoms with van der Waals surface area (Å²) in [6, 6.07) is 15.2. The summed E-state index contributed by atoms with van der Waals surface area (Å²) in [6.45, 7) is 5.27. The first-order chi connectivity index (χ1) is 24.6. The molecule has 1 aliphatic heterocycles. The van der Waals surface area contributed by atoms with Crippen LogP contribution in [0.1, 0.15) is 43.5 Å². The van der Waals surface area contributed by atoms with Crippen molar-refractivity contribution in [2.75, 3.05) is 34.0 Å². The molecule has 0 saturated heterocycles. The van der Waals surface area contributed by atoms with Gasteiger partial charge in [-0.3, -0.25) is 19.5 Å². The van der Waals surface area contributed by atoms with Gasteiger partial charge in [0.25, 0.3) is 11.2 Å². The van der Waals surface area contributed by atoms with Gasteiger partial charge in [0, 0.05) is 17.7 Å². The minimum atomic E-state index is -0.945. The molecule has 4 aromatic rings. The number of carbonyl (C=O) groups is 2. The van der Waals surface area contributed by atoms with Crippen LogP contribution in [0.4, 0.5) is 5.69 Å². The molecule has 51 heavy (non-hydrogen) atoms. The van der Waals surface area contributed by atoms with Crippen LogP contribution in [0.5, 0.6) is 23.0 Å². The summed E-state index contributed by atoms with van der Waals surface area (Å²) in [5.74, 6) is 0.133. The number of thiazole rings is 1. The van der Waals surface area contributed by atoms with Crippen LogP contribution < -0.4 is 33.8 Å². The molecule has 2 heterocycles. The number of para-hydroxylation sites is 1. The van der Waals surface area contributed by atoms with Crippen LogP contribution in [-0.2, 0) is 25.7 Å². The zero-order chi connectivity index (χ0) is 36.7. The summed E-state index contributed by atoms with van der Waals surface area (Å²) in [5, 5.41) is 11.1. The molecule has 0 spiro atoms. The average molecular weight is 718 g/mol. The van der Waals surface area contributed by atoms with E-state index < -0.39 is 28.5 Å². The SMILES string of the molecule is CCOC(=O)C1=C(C)N=c2s/c(=C/c3cccc(OC)c3OCc3ccc([N+](=O)[O-])cc3)c(=O)n2[C@H]1c1ccc(OCC(=O)OC)c(OCC)c1. The van der Waals surface area contributed by atoms with Crippen molar-refractivity contribution in [2.24, 2.45) is 4.99 Å². The van der Waals surface area contributed by atoms with Gasteiger partial charge < -0.3 is 28.4 Å². The molecule has 0 unspecified atom stereocenters. The van der Waals surface area contributed by atoms with Crippen LogP contribution >= 0.6 is 11.3 Å². The molecule has 0 N–H and O–H groups in total.